The summed E-state index contributed by atoms with van der Waals surface area (Å²) in [5.41, 5.74) is 5.73. The molecule has 0 aromatic heterocycles. The van der Waals surface area contributed by atoms with E-state index in [9.17, 15) is 14.9 Å². The van der Waals surface area contributed by atoms with Crippen molar-refractivity contribution in [1.29, 1.82) is 0 Å². The highest BCUT2D eigenvalue weighted by Gasteiger charge is 2.30. The molecule has 1 unspecified atom stereocenters. The van der Waals surface area contributed by atoms with E-state index in [1.54, 1.807) is 11.0 Å². The van der Waals surface area contributed by atoms with Crippen molar-refractivity contribution in [2.24, 2.45) is 11.8 Å². The SMILES string of the molecule is CC(C)C1CCN(C(=O)c2cccc([N+](=O)[O-])c2N)C1. The lowest BCUT2D eigenvalue weighted by Gasteiger charge is -2.19. The molecule has 1 aromatic rings. The zero-order chi connectivity index (χ0) is 14.9. The highest BCUT2D eigenvalue weighted by molar-refractivity contribution is 6.01. The van der Waals surface area contributed by atoms with Gasteiger partial charge < -0.3 is 10.6 Å². The summed E-state index contributed by atoms with van der Waals surface area (Å²) in [7, 11) is 0. The van der Waals surface area contributed by atoms with Gasteiger partial charge in [0.25, 0.3) is 11.6 Å². The van der Waals surface area contributed by atoms with Gasteiger partial charge in [-0.2, -0.15) is 0 Å². The fourth-order valence-electron chi connectivity index (χ4n) is 2.58. The van der Waals surface area contributed by atoms with Crippen LogP contribution in [-0.2, 0) is 0 Å². The Kier molecular flexibility index (Phi) is 3.92. The zero-order valence-electron chi connectivity index (χ0n) is 11.7. The van der Waals surface area contributed by atoms with Gasteiger partial charge >= 0.3 is 0 Å². The summed E-state index contributed by atoms with van der Waals surface area (Å²) in [6.07, 6.45) is 0.970. The lowest BCUT2D eigenvalue weighted by molar-refractivity contribution is -0.383. The number of amides is 1. The third-order valence-electron chi connectivity index (χ3n) is 3.96. The minimum absolute atomic E-state index is 0.0458. The van der Waals surface area contributed by atoms with Crippen LogP contribution in [0.15, 0.2) is 18.2 Å². The van der Waals surface area contributed by atoms with Gasteiger partial charge in [0, 0.05) is 19.2 Å². The smallest absolute Gasteiger partial charge is 0.292 e. The minimum atomic E-state index is -0.562. The number of likely N-dealkylation sites (tertiary alicyclic amines) is 1. The van der Waals surface area contributed by atoms with Crippen LogP contribution in [-0.4, -0.2) is 28.8 Å². The van der Waals surface area contributed by atoms with E-state index in [4.69, 9.17) is 5.73 Å². The van der Waals surface area contributed by atoms with E-state index in [0.29, 0.717) is 24.9 Å². The molecule has 2 N–H and O–H groups in total. The van der Waals surface area contributed by atoms with Gasteiger partial charge in [-0.25, -0.2) is 0 Å². The first-order valence-electron chi connectivity index (χ1n) is 6.74. The molecular formula is C14H19N3O3. The Morgan fingerprint density at radius 3 is 2.75 bits per heavy atom. The molecule has 0 saturated carbocycles. The van der Waals surface area contributed by atoms with Gasteiger partial charge in [0.05, 0.1) is 10.5 Å². The van der Waals surface area contributed by atoms with Crippen LogP contribution in [0.1, 0.15) is 30.6 Å². The topological polar surface area (TPSA) is 89.5 Å². The standard InChI is InChI=1S/C14H19N3O3/c1-9(2)10-6-7-16(8-10)14(18)11-4-3-5-12(13(11)15)17(19)20/h3-5,9-10H,6-8,15H2,1-2H3. The quantitative estimate of drug-likeness (QED) is 0.521. The number of benzene rings is 1. The Labute approximate surface area is 117 Å². The van der Waals surface area contributed by atoms with Crippen molar-refractivity contribution < 1.29 is 9.72 Å². The maximum absolute atomic E-state index is 12.4. The molecule has 2 rings (SSSR count). The molecule has 0 bridgehead atoms. The molecule has 1 aliphatic heterocycles. The van der Waals surface area contributed by atoms with Crippen LogP contribution < -0.4 is 5.73 Å². The van der Waals surface area contributed by atoms with Crippen LogP contribution in [0.4, 0.5) is 11.4 Å². The molecule has 1 fully saturated rings. The average molecular weight is 277 g/mol. The second-order valence-corrected chi connectivity index (χ2v) is 5.54. The van der Waals surface area contributed by atoms with Gasteiger partial charge in [-0.05, 0) is 24.3 Å². The first-order chi connectivity index (χ1) is 9.41. The van der Waals surface area contributed by atoms with Crippen LogP contribution in [0.25, 0.3) is 0 Å². The summed E-state index contributed by atoms with van der Waals surface area (Å²) in [5.74, 6) is 0.795. The molecule has 1 aliphatic rings. The summed E-state index contributed by atoms with van der Waals surface area (Å²) in [4.78, 5) is 24.5. The van der Waals surface area contributed by atoms with Crippen molar-refractivity contribution in [1.82, 2.24) is 4.90 Å². The third kappa shape index (κ3) is 2.59. The largest absolute Gasteiger partial charge is 0.393 e. The number of rotatable bonds is 3. The lowest BCUT2D eigenvalue weighted by atomic mass is 9.95. The van der Waals surface area contributed by atoms with Crippen LogP contribution in [0, 0.1) is 22.0 Å². The van der Waals surface area contributed by atoms with Crippen molar-refractivity contribution in [3.8, 4) is 0 Å². The second kappa shape index (κ2) is 5.48. The summed E-state index contributed by atoms with van der Waals surface area (Å²) < 4.78 is 0. The molecule has 1 amide bonds. The number of nitrogens with two attached hydrogens (primary N) is 1. The lowest BCUT2D eigenvalue weighted by Crippen LogP contribution is -2.30. The number of nitrogen functional groups attached to an aromatic ring is 1. The molecule has 0 radical (unpaired) electrons. The monoisotopic (exact) mass is 277 g/mol. The van der Waals surface area contributed by atoms with Gasteiger partial charge in [0.15, 0.2) is 0 Å². The van der Waals surface area contributed by atoms with E-state index in [-0.39, 0.29) is 22.8 Å². The molecule has 1 heterocycles. The average Bonchev–Trinajstić information content (AvgIpc) is 2.87. The number of anilines is 1. The molecule has 0 spiro atoms. The van der Waals surface area contributed by atoms with Crippen molar-refractivity contribution in [3.05, 3.63) is 33.9 Å². The van der Waals surface area contributed by atoms with Crippen molar-refractivity contribution in [2.45, 2.75) is 20.3 Å². The van der Waals surface area contributed by atoms with Gasteiger partial charge in [-0.15, -0.1) is 0 Å². The normalized spacial score (nSPS) is 18.6. The number of nitro groups is 1. The fourth-order valence-corrected chi connectivity index (χ4v) is 2.58. The van der Waals surface area contributed by atoms with E-state index in [0.717, 1.165) is 6.42 Å². The Hall–Kier alpha value is -2.11. The third-order valence-corrected chi connectivity index (χ3v) is 3.96. The van der Waals surface area contributed by atoms with Gasteiger partial charge in [0.1, 0.15) is 5.69 Å². The molecule has 108 valence electrons. The highest BCUT2D eigenvalue weighted by atomic mass is 16.6. The number of carbonyl (C=O) groups is 1. The molecule has 1 atom stereocenters. The first kappa shape index (κ1) is 14.3. The summed E-state index contributed by atoms with van der Waals surface area (Å²) in [5, 5.41) is 10.9. The van der Waals surface area contributed by atoms with Crippen molar-refractivity contribution >= 4 is 17.3 Å². The maximum atomic E-state index is 12.4. The van der Waals surface area contributed by atoms with Gasteiger partial charge in [0.2, 0.25) is 0 Å². The maximum Gasteiger partial charge on any atom is 0.292 e. The molecule has 0 aliphatic carbocycles. The van der Waals surface area contributed by atoms with Crippen molar-refractivity contribution in [2.75, 3.05) is 18.8 Å². The molecule has 1 aromatic carbocycles. The molecule has 6 nitrogen and oxygen atoms in total. The second-order valence-electron chi connectivity index (χ2n) is 5.54. The highest BCUT2D eigenvalue weighted by Crippen LogP contribution is 2.29. The zero-order valence-corrected chi connectivity index (χ0v) is 11.7. The summed E-state index contributed by atoms with van der Waals surface area (Å²) >= 11 is 0. The fraction of sp³-hybridized carbons (Fsp3) is 0.500. The first-order valence-corrected chi connectivity index (χ1v) is 6.74. The van der Waals surface area contributed by atoms with E-state index in [1.165, 1.54) is 12.1 Å². The molecule has 6 heteroatoms. The number of carbonyl (C=O) groups excluding carboxylic acids is 1. The predicted octanol–water partition coefficient (Wildman–Crippen LogP) is 2.30. The Morgan fingerprint density at radius 1 is 1.50 bits per heavy atom. The number of para-hydroxylation sites is 1. The Bertz CT molecular complexity index is 542. The number of nitrogens with zero attached hydrogens (tertiary/aromatic N) is 2. The summed E-state index contributed by atoms with van der Waals surface area (Å²) in [6.45, 7) is 5.66. The number of hydrogen-bond donors (Lipinski definition) is 1. The number of nitro benzene ring substituents is 1. The van der Waals surface area contributed by atoms with Crippen LogP contribution in [0.3, 0.4) is 0 Å². The van der Waals surface area contributed by atoms with Gasteiger partial charge in [-0.3, -0.25) is 14.9 Å². The van der Waals surface area contributed by atoms with Crippen molar-refractivity contribution in [3.63, 3.8) is 0 Å². The predicted molar refractivity (Wildman–Crippen MR) is 76.4 cm³/mol. The summed E-state index contributed by atoms with van der Waals surface area (Å²) in [6, 6.07) is 4.36. The molecule has 20 heavy (non-hydrogen) atoms. The van der Waals surface area contributed by atoms with Crippen LogP contribution >= 0.6 is 0 Å². The minimum Gasteiger partial charge on any atom is -0.393 e. The number of hydrogen-bond acceptors (Lipinski definition) is 4. The van der Waals surface area contributed by atoms with E-state index in [1.807, 2.05) is 0 Å². The van der Waals surface area contributed by atoms with E-state index >= 15 is 0 Å². The Balaban J connectivity index is 2.23. The molecule has 1 saturated heterocycles. The van der Waals surface area contributed by atoms with E-state index < -0.39 is 4.92 Å². The van der Waals surface area contributed by atoms with E-state index in [2.05, 4.69) is 13.8 Å². The Morgan fingerprint density at radius 2 is 2.20 bits per heavy atom. The van der Waals surface area contributed by atoms with Crippen LogP contribution in [0.5, 0.6) is 0 Å². The van der Waals surface area contributed by atoms with Crippen LogP contribution in [0.2, 0.25) is 0 Å². The van der Waals surface area contributed by atoms with Gasteiger partial charge in [-0.1, -0.05) is 19.9 Å². The molecular weight excluding hydrogens is 258 g/mol.